The lowest BCUT2D eigenvalue weighted by molar-refractivity contribution is -0.122. The number of nitrogens with two attached hydrogens (primary N) is 1. The van der Waals surface area contributed by atoms with Crippen molar-refractivity contribution in [2.75, 3.05) is 0 Å². The molecule has 126 valence electrons. The van der Waals surface area contributed by atoms with Crippen molar-refractivity contribution in [2.45, 2.75) is 83.5 Å². The lowest BCUT2D eigenvalue weighted by Gasteiger charge is -2.60. The predicted molar refractivity (Wildman–Crippen MR) is 87.1 cm³/mol. The molecule has 0 spiro atoms. The van der Waals surface area contributed by atoms with Crippen molar-refractivity contribution in [3.05, 3.63) is 0 Å². The van der Waals surface area contributed by atoms with Crippen molar-refractivity contribution in [1.82, 2.24) is 0 Å². The van der Waals surface area contributed by atoms with E-state index in [4.69, 9.17) is 5.73 Å². The van der Waals surface area contributed by atoms with E-state index in [-0.39, 0.29) is 23.7 Å². The van der Waals surface area contributed by atoms with E-state index in [2.05, 4.69) is 13.8 Å². The molecule has 0 aliphatic heterocycles. The lowest BCUT2D eigenvalue weighted by atomic mass is 9.45. The first-order valence-corrected chi connectivity index (χ1v) is 9.48. The zero-order valence-electron chi connectivity index (χ0n) is 14.2. The van der Waals surface area contributed by atoms with Crippen molar-refractivity contribution < 1.29 is 10.2 Å². The van der Waals surface area contributed by atoms with Gasteiger partial charge >= 0.3 is 0 Å². The highest BCUT2D eigenvalue weighted by molar-refractivity contribution is 5.12. The van der Waals surface area contributed by atoms with Gasteiger partial charge in [0.25, 0.3) is 0 Å². The van der Waals surface area contributed by atoms with E-state index in [1.54, 1.807) is 0 Å². The Hall–Kier alpha value is -0.120. The molecule has 0 saturated heterocycles. The highest BCUT2D eigenvalue weighted by atomic mass is 16.3. The first kappa shape index (κ1) is 15.4. The maximum atomic E-state index is 10.4. The number of hydrogen-bond donors (Lipinski definition) is 3. The lowest BCUT2D eigenvalue weighted by Crippen LogP contribution is -2.55. The van der Waals surface area contributed by atoms with E-state index in [0.717, 1.165) is 31.1 Å². The Bertz CT molecular complexity index is 455. The Balaban J connectivity index is 1.63. The SMILES string of the molecule is C[C@]12CC[C@H](O)C[C@@H]1CC[C@@H]1[C@@H]2CC[C@]2(C)[C@H](N)[C@H](O)C[C@@H]12. The Morgan fingerprint density at radius 2 is 1.59 bits per heavy atom. The smallest absolute Gasteiger partial charge is 0.0699 e. The quantitative estimate of drug-likeness (QED) is 0.644. The first-order chi connectivity index (χ1) is 10.4. The van der Waals surface area contributed by atoms with Crippen LogP contribution in [0.1, 0.15) is 65.2 Å². The number of rotatable bonds is 0. The summed E-state index contributed by atoms with van der Waals surface area (Å²) < 4.78 is 0. The molecule has 4 rings (SSSR count). The molecule has 0 amide bonds. The molecule has 0 aromatic rings. The molecule has 4 fully saturated rings. The van der Waals surface area contributed by atoms with Crippen LogP contribution in [-0.2, 0) is 0 Å². The first-order valence-electron chi connectivity index (χ1n) is 9.48. The van der Waals surface area contributed by atoms with Crippen molar-refractivity contribution in [3.8, 4) is 0 Å². The van der Waals surface area contributed by atoms with E-state index in [9.17, 15) is 10.2 Å². The Labute approximate surface area is 134 Å². The average molecular weight is 307 g/mol. The molecule has 0 heterocycles. The van der Waals surface area contributed by atoms with Crippen LogP contribution in [0.25, 0.3) is 0 Å². The standard InChI is InChI=1S/C19H33NO2/c1-18-7-5-12(21)9-11(18)3-4-13-14(18)6-8-19(2)15(13)10-16(22)17(19)20/h11-17,21-22H,3-10,20H2,1-2H3/t11-,12-,13+,14-,15-,16+,17+,18-,19-/m0/s1. The Morgan fingerprint density at radius 1 is 0.864 bits per heavy atom. The van der Waals surface area contributed by atoms with Crippen LogP contribution in [-0.4, -0.2) is 28.5 Å². The second-order valence-electron chi connectivity index (χ2n) is 9.46. The van der Waals surface area contributed by atoms with Gasteiger partial charge in [0.1, 0.15) is 0 Å². The summed E-state index contributed by atoms with van der Waals surface area (Å²) in [5.41, 5.74) is 6.96. The monoisotopic (exact) mass is 307 g/mol. The van der Waals surface area contributed by atoms with Crippen LogP contribution in [0.15, 0.2) is 0 Å². The fraction of sp³-hybridized carbons (Fsp3) is 1.00. The summed E-state index contributed by atoms with van der Waals surface area (Å²) in [4.78, 5) is 0. The van der Waals surface area contributed by atoms with Crippen molar-refractivity contribution >= 4 is 0 Å². The topological polar surface area (TPSA) is 66.5 Å². The summed E-state index contributed by atoms with van der Waals surface area (Å²) in [5, 5.41) is 20.4. The Morgan fingerprint density at radius 3 is 2.36 bits per heavy atom. The van der Waals surface area contributed by atoms with Gasteiger partial charge in [-0.3, -0.25) is 0 Å². The van der Waals surface area contributed by atoms with Crippen LogP contribution in [0.3, 0.4) is 0 Å². The molecule has 0 aromatic heterocycles. The highest BCUT2D eigenvalue weighted by Gasteiger charge is 2.61. The number of aliphatic hydroxyl groups is 2. The summed E-state index contributed by atoms with van der Waals surface area (Å²) in [6.45, 7) is 4.85. The Kier molecular flexibility index (Phi) is 3.46. The summed E-state index contributed by atoms with van der Waals surface area (Å²) in [6, 6.07) is -0.0304. The third-order valence-corrected chi connectivity index (χ3v) is 8.75. The molecule has 3 heteroatoms. The van der Waals surface area contributed by atoms with Gasteiger partial charge in [-0.2, -0.15) is 0 Å². The van der Waals surface area contributed by atoms with E-state index in [0.29, 0.717) is 17.3 Å². The molecule has 0 radical (unpaired) electrons. The van der Waals surface area contributed by atoms with Gasteiger partial charge in [-0.15, -0.1) is 0 Å². The van der Waals surface area contributed by atoms with E-state index in [1.807, 2.05) is 0 Å². The van der Waals surface area contributed by atoms with Gasteiger partial charge in [-0.1, -0.05) is 13.8 Å². The summed E-state index contributed by atoms with van der Waals surface area (Å²) in [7, 11) is 0. The fourth-order valence-corrected chi connectivity index (χ4v) is 7.29. The third-order valence-electron chi connectivity index (χ3n) is 8.75. The van der Waals surface area contributed by atoms with Gasteiger partial charge < -0.3 is 15.9 Å². The second-order valence-corrected chi connectivity index (χ2v) is 9.46. The largest absolute Gasteiger partial charge is 0.393 e. The molecule has 0 aromatic carbocycles. The summed E-state index contributed by atoms with van der Waals surface area (Å²) in [5.74, 6) is 2.86. The molecule has 22 heavy (non-hydrogen) atoms. The number of hydrogen-bond acceptors (Lipinski definition) is 3. The highest BCUT2D eigenvalue weighted by Crippen LogP contribution is 2.65. The molecule has 4 saturated carbocycles. The zero-order valence-corrected chi connectivity index (χ0v) is 14.2. The maximum Gasteiger partial charge on any atom is 0.0699 e. The van der Waals surface area contributed by atoms with E-state index < -0.39 is 0 Å². The molecule has 0 unspecified atom stereocenters. The molecule has 0 bridgehead atoms. The molecular weight excluding hydrogens is 274 g/mol. The number of fused-ring (bicyclic) bond motifs is 5. The van der Waals surface area contributed by atoms with Gasteiger partial charge in [0.2, 0.25) is 0 Å². The van der Waals surface area contributed by atoms with Crippen LogP contribution >= 0.6 is 0 Å². The number of aliphatic hydroxyl groups excluding tert-OH is 2. The summed E-state index contributed by atoms with van der Waals surface area (Å²) >= 11 is 0. The molecular formula is C19H33NO2. The third kappa shape index (κ3) is 1.91. The van der Waals surface area contributed by atoms with Crippen LogP contribution in [0, 0.1) is 34.5 Å². The second kappa shape index (κ2) is 4.94. The van der Waals surface area contributed by atoms with Crippen LogP contribution in [0.2, 0.25) is 0 Å². The zero-order chi connectivity index (χ0) is 15.7. The van der Waals surface area contributed by atoms with Crippen LogP contribution < -0.4 is 5.73 Å². The fourth-order valence-electron chi connectivity index (χ4n) is 7.29. The van der Waals surface area contributed by atoms with Crippen molar-refractivity contribution in [1.29, 1.82) is 0 Å². The predicted octanol–water partition coefficient (Wildman–Crippen LogP) is 2.69. The van der Waals surface area contributed by atoms with Crippen LogP contribution in [0.5, 0.6) is 0 Å². The molecule has 3 nitrogen and oxygen atoms in total. The molecule has 9 atom stereocenters. The average Bonchev–Trinajstić information content (AvgIpc) is 2.72. The van der Waals surface area contributed by atoms with Gasteiger partial charge in [0.15, 0.2) is 0 Å². The van der Waals surface area contributed by atoms with E-state index >= 15 is 0 Å². The maximum absolute atomic E-state index is 10.4. The van der Waals surface area contributed by atoms with Crippen molar-refractivity contribution in [2.24, 2.45) is 40.2 Å². The van der Waals surface area contributed by atoms with Gasteiger partial charge in [-0.25, -0.2) is 0 Å². The van der Waals surface area contributed by atoms with Crippen molar-refractivity contribution in [3.63, 3.8) is 0 Å². The van der Waals surface area contributed by atoms with Gasteiger partial charge in [0, 0.05) is 6.04 Å². The molecule has 4 aliphatic rings. The minimum absolute atomic E-state index is 0.0304. The minimum Gasteiger partial charge on any atom is -0.393 e. The molecule has 4 N–H and O–H groups in total. The van der Waals surface area contributed by atoms with Crippen LogP contribution in [0.4, 0.5) is 0 Å². The van der Waals surface area contributed by atoms with Gasteiger partial charge in [-0.05, 0) is 85.9 Å². The van der Waals surface area contributed by atoms with E-state index in [1.165, 1.54) is 32.1 Å². The summed E-state index contributed by atoms with van der Waals surface area (Å²) in [6.07, 6.45) is 8.77. The minimum atomic E-state index is -0.299. The molecule has 4 aliphatic carbocycles. The van der Waals surface area contributed by atoms with Gasteiger partial charge in [0.05, 0.1) is 12.2 Å². The normalized spacial score (nSPS) is 61.2.